The van der Waals surface area contributed by atoms with Crippen LogP contribution in [0.3, 0.4) is 0 Å². The van der Waals surface area contributed by atoms with Crippen LogP contribution in [0.5, 0.6) is 0 Å². The van der Waals surface area contributed by atoms with Gasteiger partial charge in [-0.15, -0.1) is 0 Å². The van der Waals surface area contributed by atoms with Crippen LogP contribution in [0.2, 0.25) is 0 Å². The van der Waals surface area contributed by atoms with Crippen molar-refractivity contribution in [2.24, 2.45) is 5.92 Å². The number of aryl methyl sites for hydroxylation is 1. The normalized spacial score (nSPS) is 16.1. The molecule has 2 rings (SSSR count). The molecule has 156 valence electrons. The Morgan fingerprint density at radius 2 is 1.82 bits per heavy atom. The number of nitrogens with one attached hydrogen (secondary N) is 1. The van der Waals surface area contributed by atoms with Gasteiger partial charge in [0, 0.05) is 23.5 Å². The van der Waals surface area contributed by atoms with E-state index in [2.05, 4.69) is 26.2 Å². The molecule has 0 aliphatic carbocycles. The van der Waals surface area contributed by atoms with Crippen molar-refractivity contribution in [3.8, 4) is 0 Å². The summed E-state index contributed by atoms with van der Waals surface area (Å²) in [4.78, 5) is 29.7. The van der Waals surface area contributed by atoms with Crippen LogP contribution in [0.1, 0.15) is 45.0 Å². The zero-order chi connectivity index (χ0) is 21.3. The number of pyridine rings is 1. The van der Waals surface area contributed by atoms with Gasteiger partial charge in [0.25, 0.3) is 0 Å². The number of aromatic nitrogens is 1. The van der Waals surface area contributed by atoms with Crippen LogP contribution in [-0.2, 0) is 15.7 Å². The minimum absolute atomic E-state index is 0.0706. The van der Waals surface area contributed by atoms with Crippen molar-refractivity contribution in [2.75, 3.05) is 18.4 Å². The molecule has 6 nitrogen and oxygen atoms in total. The summed E-state index contributed by atoms with van der Waals surface area (Å²) in [6.45, 7) is 7.49. The Morgan fingerprint density at radius 1 is 1.25 bits per heavy atom. The molecule has 0 bridgehead atoms. The van der Waals surface area contributed by atoms with Crippen LogP contribution < -0.4 is 5.32 Å². The minimum atomic E-state index is -4.57. The summed E-state index contributed by atoms with van der Waals surface area (Å²) in [7, 11) is 0. The first kappa shape index (κ1) is 22.4. The molecule has 0 spiro atoms. The minimum Gasteiger partial charge on any atom is -0.444 e. The fourth-order valence-corrected chi connectivity index (χ4v) is 3.41. The zero-order valence-corrected chi connectivity index (χ0v) is 17.7. The Labute approximate surface area is 169 Å². The van der Waals surface area contributed by atoms with E-state index in [0.29, 0.717) is 25.9 Å². The summed E-state index contributed by atoms with van der Waals surface area (Å²) in [5.41, 5.74) is -1.33. The maximum absolute atomic E-state index is 12.8. The number of alkyl halides is 3. The maximum atomic E-state index is 12.8. The smallest absolute Gasteiger partial charge is 0.433 e. The summed E-state index contributed by atoms with van der Waals surface area (Å²) in [5, 5.41) is 2.66. The molecule has 1 aliphatic rings. The standard InChI is InChI=1S/C18H23BrF3N3O3/c1-10-14(12(19)9-13(23-10)18(20,21)22)24-15(26)11-5-7-25(8-6-11)16(27)28-17(2,3)4/h9,11H,5-8H2,1-4H3,(H,24,26). The Balaban J connectivity index is 1.99. The van der Waals surface area contributed by atoms with E-state index in [1.54, 1.807) is 25.7 Å². The van der Waals surface area contributed by atoms with Crippen LogP contribution >= 0.6 is 15.9 Å². The van der Waals surface area contributed by atoms with Gasteiger partial charge in [-0.25, -0.2) is 9.78 Å². The van der Waals surface area contributed by atoms with Crippen LogP contribution in [0.25, 0.3) is 0 Å². The SMILES string of the molecule is Cc1nc(C(F)(F)F)cc(Br)c1NC(=O)C1CCN(C(=O)OC(C)(C)C)CC1. The molecule has 0 saturated carbocycles. The van der Waals surface area contributed by atoms with Crippen molar-refractivity contribution in [3.05, 3.63) is 21.9 Å². The number of piperidine rings is 1. The highest BCUT2D eigenvalue weighted by molar-refractivity contribution is 9.10. The lowest BCUT2D eigenvalue weighted by Crippen LogP contribution is -2.43. The molecule has 0 aromatic carbocycles. The number of hydrogen-bond donors (Lipinski definition) is 1. The summed E-state index contributed by atoms with van der Waals surface area (Å²) in [6, 6.07) is 0.841. The molecular formula is C18H23BrF3N3O3. The Bertz CT molecular complexity index is 732. The molecule has 2 amide bonds. The molecule has 0 unspecified atom stereocenters. The van der Waals surface area contributed by atoms with Crippen molar-refractivity contribution in [1.82, 2.24) is 9.88 Å². The van der Waals surface area contributed by atoms with E-state index >= 15 is 0 Å². The number of amides is 2. The molecule has 10 heteroatoms. The third kappa shape index (κ3) is 5.83. The molecular weight excluding hydrogens is 443 g/mol. The third-order valence-corrected chi connectivity index (χ3v) is 4.83. The van der Waals surface area contributed by atoms with Gasteiger partial charge in [-0.2, -0.15) is 13.2 Å². The number of likely N-dealkylation sites (tertiary alicyclic amines) is 1. The summed E-state index contributed by atoms with van der Waals surface area (Å²) < 4.78 is 43.9. The van der Waals surface area contributed by atoms with Crippen molar-refractivity contribution >= 4 is 33.6 Å². The molecule has 1 fully saturated rings. The lowest BCUT2D eigenvalue weighted by Gasteiger charge is -2.33. The molecule has 0 radical (unpaired) electrons. The van der Waals surface area contributed by atoms with Gasteiger partial charge in [0.1, 0.15) is 11.3 Å². The lowest BCUT2D eigenvalue weighted by atomic mass is 9.96. The predicted octanol–water partition coefficient (Wildman–Crippen LogP) is 4.76. The number of carbonyl (C=O) groups is 2. The monoisotopic (exact) mass is 465 g/mol. The zero-order valence-electron chi connectivity index (χ0n) is 16.1. The second kappa shape index (κ2) is 8.26. The predicted molar refractivity (Wildman–Crippen MR) is 101 cm³/mol. The fourth-order valence-electron chi connectivity index (χ4n) is 2.81. The molecule has 28 heavy (non-hydrogen) atoms. The largest absolute Gasteiger partial charge is 0.444 e. The quantitative estimate of drug-likeness (QED) is 0.683. The Kier molecular flexibility index (Phi) is 6.62. The highest BCUT2D eigenvalue weighted by Gasteiger charge is 2.34. The van der Waals surface area contributed by atoms with Crippen LogP contribution in [-0.4, -0.2) is 40.6 Å². The number of halogens is 4. The summed E-state index contributed by atoms with van der Waals surface area (Å²) in [5.74, 6) is -0.665. The number of ether oxygens (including phenoxy) is 1. The molecule has 0 atom stereocenters. The van der Waals surface area contributed by atoms with Crippen molar-refractivity contribution in [2.45, 2.75) is 52.3 Å². The van der Waals surface area contributed by atoms with Gasteiger partial charge in [0.15, 0.2) is 0 Å². The van der Waals surface area contributed by atoms with Crippen molar-refractivity contribution < 1.29 is 27.5 Å². The van der Waals surface area contributed by atoms with Crippen LogP contribution in [0.15, 0.2) is 10.5 Å². The van der Waals surface area contributed by atoms with E-state index in [1.165, 1.54) is 6.92 Å². The van der Waals surface area contributed by atoms with E-state index in [4.69, 9.17) is 4.74 Å². The Hall–Kier alpha value is -1.84. The molecule has 1 aromatic heterocycles. The molecule has 1 saturated heterocycles. The maximum Gasteiger partial charge on any atom is 0.433 e. The third-order valence-electron chi connectivity index (χ3n) is 4.21. The summed E-state index contributed by atoms with van der Waals surface area (Å²) in [6.07, 6.45) is -4.10. The second-order valence-electron chi connectivity index (χ2n) is 7.68. The average molecular weight is 466 g/mol. The highest BCUT2D eigenvalue weighted by Crippen LogP contribution is 2.34. The number of nitrogens with zero attached hydrogens (tertiary/aromatic N) is 2. The number of rotatable bonds is 2. The number of hydrogen-bond acceptors (Lipinski definition) is 4. The highest BCUT2D eigenvalue weighted by atomic mass is 79.9. The first-order valence-corrected chi connectivity index (χ1v) is 9.60. The van der Waals surface area contributed by atoms with Crippen LogP contribution in [0.4, 0.5) is 23.7 Å². The molecule has 1 N–H and O–H groups in total. The van der Waals surface area contributed by atoms with Gasteiger partial charge in [0.2, 0.25) is 5.91 Å². The Morgan fingerprint density at radius 3 is 2.29 bits per heavy atom. The van der Waals surface area contributed by atoms with E-state index < -0.39 is 23.6 Å². The molecule has 2 heterocycles. The van der Waals surface area contributed by atoms with E-state index in [9.17, 15) is 22.8 Å². The van der Waals surface area contributed by atoms with E-state index in [-0.39, 0.29) is 27.7 Å². The van der Waals surface area contributed by atoms with Gasteiger partial charge in [-0.3, -0.25) is 4.79 Å². The van der Waals surface area contributed by atoms with Gasteiger partial charge >= 0.3 is 12.3 Å². The van der Waals surface area contributed by atoms with Gasteiger partial charge in [0.05, 0.1) is 11.4 Å². The number of anilines is 1. The van der Waals surface area contributed by atoms with Gasteiger partial charge in [-0.05, 0) is 62.5 Å². The van der Waals surface area contributed by atoms with Gasteiger partial charge in [-0.1, -0.05) is 0 Å². The topological polar surface area (TPSA) is 71.5 Å². The van der Waals surface area contributed by atoms with E-state index in [0.717, 1.165) is 6.07 Å². The second-order valence-corrected chi connectivity index (χ2v) is 8.53. The van der Waals surface area contributed by atoms with Crippen LogP contribution in [0, 0.1) is 12.8 Å². The fraction of sp³-hybridized carbons (Fsp3) is 0.611. The lowest BCUT2D eigenvalue weighted by molar-refractivity contribution is -0.141. The van der Waals surface area contributed by atoms with E-state index in [1.807, 2.05) is 0 Å². The summed E-state index contributed by atoms with van der Waals surface area (Å²) >= 11 is 3.08. The van der Waals surface area contributed by atoms with Gasteiger partial charge < -0.3 is 15.0 Å². The first-order chi connectivity index (χ1) is 12.8. The molecule has 1 aliphatic heterocycles. The average Bonchev–Trinajstić information content (AvgIpc) is 2.55. The molecule has 1 aromatic rings. The number of carbonyl (C=O) groups excluding carboxylic acids is 2. The first-order valence-electron chi connectivity index (χ1n) is 8.81. The van der Waals surface area contributed by atoms with Crippen molar-refractivity contribution in [3.63, 3.8) is 0 Å². The van der Waals surface area contributed by atoms with Crippen molar-refractivity contribution in [1.29, 1.82) is 0 Å².